The van der Waals surface area contributed by atoms with Gasteiger partial charge in [0, 0.05) is 50.2 Å². The Morgan fingerprint density at radius 3 is 2.37 bits per heavy atom. The lowest BCUT2D eigenvalue weighted by molar-refractivity contribution is -0.133. The van der Waals surface area contributed by atoms with Gasteiger partial charge in [0.2, 0.25) is 5.91 Å². The summed E-state index contributed by atoms with van der Waals surface area (Å²) in [5, 5.41) is 7.55. The van der Waals surface area contributed by atoms with Crippen LogP contribution in [0.4, 0.5) is 5.69 Å². The fourth-order valence-corrected chi connectivity index (χ4v) is 3.59. The van der Waals surface area contributed by atoms with Gasteiger partial charge in [0.05, 0.1) is 11.4 Å². The van der Waals surface area contributed by atoms with E-state index in [1.807, 2.05) is 41.4 Å². The van der Waals surface area contributed by atoms with E-state index >= 15 is 0 Å². The summed E-state index contributed by atoms with van der Waals surface area (Å²) < 4.78 is 0. The molecule has 1 aromatic carbocycles. The second kappa shape index (κ2) is 7.31. The van der Waals surface area contributed by atoms with Gasteiger partial charge in [0.15, 0.2) is 0 Å². The number of benzene rings is 1. The van der Waals surface area contributed by atoms with E-state index in [2.05, 4.69) is 16.0 Å². The number of nitrogens with zero attached hydrogens (tertiary/aromatic N) is 2. The lowest BCUT2D eigenvalue weighted by Crippen LogP contribution is -2.48. The Bertz CT molecular complexity index is 855. The van der Waals surface area contributed by atoms with Crippen LogP contribution >= 0.6 is 0 Å². The molecule has 0 unspecified atom stereocenters. The predicted octanol–water partition coefficient (Wildman–Crippen LogP) is 2.81. The molecule has 4 rings (SSSR count). The van der Waals surface area contributed by atoms with Gasteiger partial charge in [-0.05, 0) is 48.2 Å². The topological polar surface area (TPSA) is 89.2 Å². The number of hydrogen-bond donors (Lipinski definition) is 3. The number of carbonyl (C=O) groups excluding carboxylic acids is 1. The van der Waals surface area contributed by atoms with Crippen LogP contribution in [0.2, 0.25) is 0 Å². The first-order valence-electron chi connectivity index (χ1n) is 9.45. The number of nitrogens with two attached hydrogens (primary N) is 1. The van der Waals surface area contributed by atoms with Crippen molar-refractivity contribution in [3.05, 3.63) is 48.3 Å². The van der Waals surface area contributed by atoms with Gasteiger partial charge in [-0.1, -0.05) is 12.1 Å². The van der Waals surface area contributed by atoms with Crippen molar-refractivity contribution in [1.82, 2.24) is 14.8 Å². The zero-order valence-corrected chi connectivity index (χ0v) is 15.3. The largest absolute Gasteiger partial charge is 0.399 e. The minimum Gasteiger partial charge on any atom is -0.399 e. The van der Waals surface area contributed by atoms with E-state index in [-0.39, 0.29) is 5.92 Å². The summed E-state index contributed by atoms with van der Waals surface area (Å²) in [7, 11) is 0. The zero-order chi connectivity index (χ0) is 18.8. The molecule has 0 radical (unpaired) electrons. The molecule has 1 saturated heterocycles. The molecule has 2 heterocycles. The Labute approximate surface area is 159 Å². The van der Waals surface area contributed by atoms with Gasteiger partial charge < -0.3 is 25.9 Å². The molecule has 6 nitrogen and oxygen atoms in total. The van der Waals surface area contributed by atoms with Crippen molar-refractivity contribution in [2.75, 3.05) is 31.9 Å². The van der Waals surface area contributed by atoms with E-state index in [1.165, 1.54) is 6.21 Å². The van der Waals surface area contributed by atoms with Crippen molar-refractivity contribution >= 4 is 23.5 Å². The summed E-state index contributed by atoms with van der Waals surface area (Å²) in [6, 6.07) is 9.90. The van der Waals surface area contributed by atoms with Crippen LogP contribution in [0.1, 0.15) is 18.5 Å². The number of rotatable bonds is 5. The molecule has 1 aromatic heterocycles. The summed E-state index contributed by atoms with van der Waals surface area (Å²) in [5.74, 6) is 0.594. The van der Waals surface area contributed by atoms with Crippen LogP contribution in [0, 0.1) is 11.3 Å². The molecular formula is C21H25N5O. The van der Waals surface area contributed by atoms with Crippen molar-refractivity contribution in [3.8, 4) is 11.1 Å². The maximum Gasteiger partial charge on any atom is 0.225 e. The fourth-order valence-electron chi connectivity index (χ4n) is 3.59. The van der Waals surface area contributed by atoms with Crippen LogP contribution in [0.15, 0.2) is 42.6 Å². The average Bonchev–Trinajstić information content (AvgIpc) is 3.44. The van der Waals surface area contributed by atoms with Gasteiger partial charge in [-0.2, -0.15) is 0 Å². The Balaban J connectivity index is 1.48. The number of carbonyl (C=O) groups is 1. The molecule has 6 heteroatoms. The van der Waals surface area contributed by atoms with Crippen molar-refractivity contribution in [3.63, 3.8) is 0 Å². The predicted molar refractivity (Wildman–Crippen MR) is 108 cm³/mol. The molecule has 2 fully saturated rings. The summed E-state index contributed by atoms with van der Waals surface area (Å²) in [4.78, 5) is 19.8. The van der Waals surface area contributed by atoms with E-state index in [0.717, 1.165) is 67.2 Å². The first-order chi connectivity index (χ1) is 13.2. The second-order valence-electron chi connectivity index (χ2n) is 7.23. The highest BCUT2D eigenvalue weighted by molar-refractivity contribution is 5.83. The number of nitrogen functional groups attached to an aromatic ring is 1. The minimum atomic E-state index is 0.277. The summed E-state index contributed by atoms with van der Waals surface area (Å²) in [6.45, 7) is 3.06. The molecule has 1 amide bonds. The van der Waals surface area contributed by atoms with Crippen LogP contribution < -0.4 is 5.73 Å². The summed E-state index contributed by atoms with van der Waals surface area (Å²) >= 11 is 0. The monoisotopic (exact) mass is 363 g/mol. The SMILES string of the molecule is N=C/C=C(\c1cc(-c2ccc(N)cc2)c[nH]1)N1CCN(C(=O)C2CC2)CC1. The molecule has 0 atom stereocenters. The maximum atomic E-state index is 12.3. The lowest BCUT2D eigenvalue weighted by atomic mass is 10.1. The number of H-pyrrole nitrogens is 1. The number of anilines is 1. The number of aromatic amines is 1. The number of piperazine rings is 1. The molecule has 140 valence electrons. The first-order valence-corrected chi connectivity index (χ1v) is 9.45. The second-order valence-corrected chi connectivity index (χ2v) is 7.23. The first kappa shape index (κ1) is 17.4. The van der Waals surface area contributed by atoms with Crippen molar-refractivity contribution in [2.24, 2.45) is 5.92 Å². The number of hydrogen-bond acceptors (Lipinski definition) is 4. The van der Waals surface area contributed by atoms with E-state index < -0.39 is 0 Å². The number of aromatic nitrogens is 1. The standard InChI is InChI=1S/C21H25N5O/c22-8-7-20(25-9-11-26(12-10-25)21(27)16-1-2-16)19-13-17(14-24-19)15-3-5-18(23)6-4-15/h3-8,13-14,16,22,24H,1-2,9-12,23H2/b20-7+,22-8?. The Hall–Kier alpha value is -3.02. The van der Waals surface area contributed by atoms with Gasteiger partial charge in [-0.15, -0.1) is 0 Å². The fraction of sp³-hybridized carbons (Fsp3) is 0.333. The van der Waals surface area contributed by atoms with E-state index in [0.29, 0.717) is 5.91 Å². The van der Waals surface area contributed by atoms with Gasteiger partial charge in [-0.25, -0.2) is 0 Å². The Morgan fingerprint density at radius 2 is 1.74 bits per heavy atom. The molecule has 2 aromatic rings. The summed E-state index contributed by atoms with van der Waals surface area (Å²) in [6.07, 6.45) is 7.21. The molecule has 1 aliphatic heterocycles. The van der Waals surface area contributed by atoms with E-state index in [4.69, 9.17) is 11.1 Å². The Morgan fingerprint density at radius 1 is 1.07 bits per heavy atom. The van der Waals surface area contributed by atoms with Crippen LogP contribution in [-0.4, -0.2) is 53.1 Å². The summed E-state index contributed by atoms with van der Waals surface area (Å²) in [5.41, 5.74) is 10.7. The Kier molecular flexibility index (Phi) is 4.71. The molecular weight excluding hydrogens is 338 g/mol. The van der Waals surface area contributed by atoms with Gasteiger partial charge in [0.1, 0.15) is 0 Å². The minimum absolute atomic E-state index is 0.277. The highest BCUT2D eigenvalue weighted by Crippen LogP contribution is 2.32. The third-order valence-corrected chi connectivity index (χ3v) is 5.30. The van der Waals surface area contributed by atoms with Gasteiger partial charge in [-0.3, -0.25) is 4.79 Å². The third kappa shape index (κ3) is 3.74. The normalized spacial score (nSPS) is 17.9. The van der Waals surface area contributed by atoms with Crippen molar-refractivity contribution in [2.45, 2.75) is 12.8 Å². The third-order valence-electron chi connectivity index (χ3n) is 5.30. The number of nitrogens with one attached hydrogen (secondary N) is 2. The molecule has 2 aliphatic rings. The molecule has 1 saturated carbocycles. The van der Waals surface area contributed by atoms with Gasteiger partial charge >= 0.3 is 0 Å². The number of amides is 1. The molecule has 4 N–H and O–H groups in total. The highest BCUT2D eigenvalue weighted by atomic mass is 16.2. The molecule has 0 spiro atoms. The van der Waals surface area contributed by atoms with Crippen LogP contribution in [-0.2, 0) is 4.79 Å². The lowest BCUT2D eigenvalue weighted by Gasteiger charge is -2.37. The molecule has 27 heavy (non-hydrogen) atoms. The quantitative estimate of drug-likeness (QED) is 0.564. The van der Waals surface area contributed by atoms with E-state index in [9.17, 15) is 4.79 Å². The van der Waals surface area contributed by atoms with Gasteiger partial charge in [0.25, 0.3) is 0 Å². The number of allylic oxidation sites excluding steroid dienone is 1. The zero-order valence-electron chi connectivity index (χ0n) is 15.3. The molecule has 0 bridgehead atoms. The van der Waals surface area contributed by atoms with Crippen LogP contribution in [0.5, 0.6) is 0 Å². The average molecular weight is 363 g/mol. The highest BCUT2D eigenvalue weighted by Gasteiger charge is 2.34. The van der Waals surface area contributed by atoms with Crippen molar-refractivity contribution in [1.29, 1.82) is 5.41 Å². The van der Waals surface area contributed by atoms with Crippen LogP contribution in [0.25, 0.3) is 16.8 Å². The smallest absolute Gasteiger partial charge is 0.225 e. The van der Waals surface area contributed by atoms with Crippen LogP contribution in [0.3, 0.4) is 0 Å². The maximum absolute atomic E-state index is 12.3. The van der Waals surface area contributed by atoms with E-state index in [1.54, 1.807) is 0 Å². The van der Waals surface area contributed by atoms with Crippen molar-refractivity contribution < 1.29 is 4.79 Å². The molecule has 1 aliphatic carbocycles.